The third-order valence-electron chi connectivity index (χ3n) is 2.12. The van der Waals surface area contributed by atoms with Crippen molar-refractivity contribution in [3.63, 3.8) is 0 Å². The van der Waals surface area contributed by atoms with Gasteiger partial charge in [0.1, 0.15) is 5.75 Å². The molecule has 0 radical (unpaired) electrons. The first-order valence-corrected chi connectivity index (χ1v) is 4.40. The smallest absolute Gasteiger partial charge is 0.379 e. The number of aromatic hydroxyl groups is 1. The molecule has 0 aliphatic carbocycles. The zero-order valence-corrected chi connectivity index (χ0v) is 8.83. The average Bonchev–Trinajstić information content (AvgIpc) is 2.23. The standard InChI is InChI=1S/C11H12O4/c1-6-4-8(5-7(2)9(6)12)10(13)11(14)15-3/h4-5,12H,1-3H3. The molecule has 0 heterocycles. The van der Waals surface area contributed by atoms with Crippen LogP contribution in [0.15, 0.2) is 12.1 Å². The molecule has 4 heteroatoms. The maximum absolute atomic E-state index is 11.4. The van der Waals surface area contributed by atoms with Gasteiger partial charge in [-0.25, -0.2) is 4.79 Å². The Labute approximate surface area is 87.5 Å². The predicted octanol–water partition coefficient (Wildman–Crippen LogP) is 1.36. The molecule has 0 atom stereocenters. The summed E-state index contributed by atoms with van der Waals surface area (Å²) < 4.78 is 4.33. The Morgan fingerprint density at radius 2 is 1.67 bits per heavy atom. The Kier molecular flexibility index (Phi) is 3.09. The summed E-state index contributed by atoms with van der Waals surface area (Å²) in [5.74, 6) is -1.47. The van der Waals surface area contributed by atoms with Gasteiger partial charge >= 0.3 is 5.97 Å². The number of ether oxygens (including phenoxy) is 1. The molecule has 0 aliphatic rings. The summed E-state index contributed by atoms with van der Waals surface area (Å²) in [5.41, 5.74) is 1.35. The molecule has 4 nitrogen and oxygen atoms in total. The van der Waals surface area contributed by atoms with Crippen molar-refractivity contribution in [3.8, 4) is 5.75 Å². The van der Waals surface area contributed by atoms with E-state index in [9.17, 15) is 14.7 Å². The summed E-state index contributed by atoms with van der Waals surface area (Å²) in [7, 11) is 1.15. The molecule has 80 valence electrons. The summed E-state index contributed by atoms with van der Waals surface area (Å²) in [5, 5.41) is 9.48. The van der Waals surface area contributed by atoms with E-state index in [0.717, 1.165) is 7.11 Å². The minimum absolute atomic E-state index is 0.136. The van der Waals surface area contributed by atoms with E-state index in [4.69, 9.17) is 0 Å². The number of aryl methyl sites for hydroxylation is 2. The molecule has 0 aromatic heterocycles. The molecule has 1 aromatic rings. The normalized spacial score (nSPS) is 9.80. The van der Waals surface area contributed by atoms with E-state index in [0.29, 0.717) is 11.1 Å². The fourth-order valence-corrected chi connectivity index (χ4v) is 1.30. The van der Waals surface area contributed by atoms with Crippen LogP contribution in [-0.4, -0.2) is 24.0 Å². The fraction of sp³-hybridized carbons (Fsp3) is 0.273. The van der Waals surface area contributed by atoms with Crippen molar-refractivity contribution in [1.82, 2.24) is 0 Å². The lowest BCUT2D eigenvalue weighted by Crippen LogP contribution is -2.15. The van der Waals surface area contributed by atoms with E-state index in [1.165, 1.54) is 12.1 Å². The second-order valence-electron chi connectivity index (χ2n) is 3.28. The van der Waals surface area contributed by atoms with Crippen LogP contribution in [0.2, 0.25) is 0 Å². The van der Waals surface area contributed by atoms with Gasteiger partial charge in [-0.05, 0) is 37.1 Å². The van der Waals surface area contributed by atoms with E-state index < -0.39 is 11.8 Å². The van der Waals surface area contributed by atoms with Crippen molar-refractivity contribution in [3.05, 3.63) is 28.8 Å². The number of esters is 1. The molecular formula is C11H12O4. The minimum atomic E-state index is -0.903. The third-order valence-corrected chi connectivity index (χ3v) is 2.12. The highest BCUT2D eigenvalue weighted by Crippen LogP contribution is 2.23. The van der Waals surface area contributed by atoms with Gasteiger partial charge in [-0.2, -0.15) is 0 Å². The fourth-order valence-electron chi connectivity index (χ4n) is 1.30. The maximum atomic E-state index is 11.4. The monoisotopic (exact) mass is 208 g/mol. The minimum Gasteiger partial charge on any atom is -0.507 e. The molecule has 1 aromatic carbocycles. The van der Waals surface area contributed by atoms with E-state index in [-0.39, 0.29) is 11.3 Å². The van der Waals surface area contributed by atoms with Crippen molar-refractivity contribution in [1.29, 1.82) is 0 Å². The quantitative estimate of drug-likeness (QED) is 0.453. The van der Waals surface area contributed by atoms with Gasteiger partial charge in [-0.15, -0.1) is 0 Å². The number of rotatable bonds is 2. The number of hydrogen-bond donors (Lipinski definition) is 1. The van der Waals surface area contributed by atoms with Crippen LogP contribution in [0.4, 0.5) is 0 Å². The van der Waals surface area contributed by atoms with E-state index in [1.54, 1.807) is 13.8 Å². The third kappa shape index (κ3) is 2.15. The molecule has 0 aliphatic heterocycles. The van der Waals surface area contributed by atoms with Crippen LogP contribution in [0.1, 0.15) is 21.5 Å². The Bertz CT molecular complexity index is 398. The van der Waals surface area contributed by atoms with E-state index >= 15 is 0 Å². The van der Waals surface area contributed by atoms with E-state index in [1.807, 2.05) is 0 Å². The highest BCUT2D eigenvalue weighted by atomic mass is 16.5. The van der Waals surface area contributed by atoms with Crippen LogP contribution in [0.3, 0.4) is 0 Å². The van der Waals surface area contributed by atoms with Gasteiger partial charge in [-0.1, -0.05) is 0 Å². The number of Topliss-reactive ketones (excluding diaryl/α,β-unsaturated/α-hetero) is 1. The molecule has 0 amide bonds. The highest BCUT2D eigenvalue weighted by molar-refractivity contribution is 6.40. The number of hydrogen-bond acceptors (Lipinski definition) is 4. The number of methoxy groups -OCH3 is 1. The van der Waals surface area contributed by atoms with Crippen molar-refractivity contribution >= 4 is 11.8 Å². The van der Waals surface area contributed by atoms with Crippen molar-refractivity contribution < 1.29 is 19.4 Å². The lowest BCUT2D eigenvalue weighted by molar-refractivity contribution is -0.135. The van der Waals surface area contributed by atoms with Crippen LogP contribution in [0.5, 0.6) is 5.75 Å². The summed E-state index contributed by atoms with van der Waals surface area (Å²) in [4.78, 5) is 22.4. The Morgan fingerprint density at radius 1 is 1.20 bits per heavy atom. The molecule has 0 spiro atoms. The zero-order chi connectivity index (χ0) is 11.6. The molecule has 0 bridgehead atoms. The largest absolute Gasteiger partial charge is 0.507 e. The zero-order valence-electron chi connectivity index (χ0n) is 8.83. The molecule has 15 heavy (non-hydrogen) atoms. The van der Waals surface area contributed by atoms with Gasteiger partial charge in [0.05, 0.1) is 7.11 Å². The summed E-state index contributed by atoms with van der Waals surface area (Å²) in [6.07, 6.45) is 0. The Balaban J connectivity index is 3.17. The lowest BCUT2D eigenvalue weighted by atomic mass is 10.0. The number of ketones is 1. The van der Waals surface area contributed by atoms with Gasteiger partial charge in [-0.3, -0.25) is 4.79 Å². The van der Waals surface area contributed by atoms with Crippen molar-refractivity contribution in [2.75, 3.05) is 7.11 Å². The summed E-state index contributed by atoms with van der Waals surface area (Å²) in [6.45, 7) is 3.33. The van der Waals surface area contributed by atoms with Crippen LogP contribution < -0.4 is 0 Å². The van der Waals surface area contributed by atoms with Gasteiger partial charge in [0, 0.05) is 5.56 Å². The first kappa shape index (κ1) is 11.2. The number of phenolic OH excluding ortho intramolecular Hbond substituents is 1. The molecule has 0 saturated heterocycles. The Hall–Kier alpha value is -1.84. The van der Waals surface area contributed by atoms with Gasteiger partial charge < -0.3 is 9.84 Å². The lowest BCUT2D eigenvalue weighted by Gasteiger charge is -2.05. The molecule has 1 N–H and O–H groups in total. The summed E-state index contributed by atoms with van der Waals surface area (Å²) >= 11 is 0. The van der Waals surface area contributed by atoms with E-state index in [2.05, 4.69) is 4.74 Å². The molecule has 1 rings (SSSR count). The van der Waals surface area contributed by atoms with Gasteiger partial charge in [0.25, 0.3) is 5.78 Å². The van der Waals surface area contributed by atoms with Crippen molar-refractivity contribution in [2.45, 2.75) is 13.8 Å². The predicted molar refractivity (Wildman–Crippen MR) is 53.9 cm³/mol. The second-order valence-corrected chi connectivity index (χ2v) is 3.28. The van der Waals surface area contributed by atoms with Crippen LogP contribution in [0, 0.1) is 13.8 Å². The second kappa shape index (κ2) is 4.13. The first-order valence-electron chi connectivity index (χ1n) is 4.40. The maximum Gasteiger partial charge on any atom is 0.379 e. The number of carbonyl (C=O) groups is 2. The van der Waals surface area contributed by atoms with Crippen LogP contribution in [-0.2, 0) is 9.53 Å². The number of carbonyl (C=O) groups excluding carboxylic acids is 2. The van der Waals surface area contributed by atoms with Crippen LogP contribution in [0.25, 0.3) is 0 Å². The SMILES string of the molecule is COC(=O)C(=O)c1cc(C)c(O)c(C)c1. The van der Waals surface area contributed by atoms with Crippen molar-refractivity contribution in [2.24, 2.45) is 0 Å². The number of phenols is 1. The number of benzene rings is 1. The molecular weight excluding hydrogens is 196 g/mol. The Morgan fingerprint density at radius 3 is 2.07 bits per heavy atom. The highest BCUT2D eigenvalue weighted by Gasteiger charge is 2.18. The molecule has 0 unspecified atom stereocenters. The molecule has 0 saturated carbocycles. The summed E-state index contributed by atoms with van der Waals surface area (Å²) in [6, 6.07) is 2.92. The van der Waals surface area contributed by atoms with Crippen LogP contribution >= 0.6 is 0 Å². The first-order chi connectivity index (χ1) is 6.97. The van der Waals surface area contributed by atoms with Gasteiger partial charge in [0.15, 0.2) is 0 Å². The topological polar surface area (TPSA) is 63.6 Å². The molecule has 0 fully saturated rings. The van der Waals surface area contributed by atoms with Gasteiger partial charge in [0.2, 0.25) is 0 Å². The average molecular weight is 208 g/mol.